The van der Waals surface area contributed by atoms with Crippen LogP contribution in [0.15, 0.2) is 36.4 Å². The van der Waals surface area contributed by atoms with Crippen LogP contribution in [-0.4, -0.2) is 18.4 Å². The predicted octanol–water partition coefficient (Wildman–Crippen LogP) is 3.75. The summed E-state index contributed by atoms with van der Waals surface area (Å²) in [6, 6.07) is 9.49. The summed E-state index contributed by atoms with van der Waals surface area (Å²) in [7, 11) is 0. The van der Waals surface area contributed by atoms with Crippen LogP contribution in [0.5, 0.6) is 5.75 Å². The molecule has 0 radical (unpaired) electrons. The number of fused-ring (bicyclic) bond motifs is 1. The maximum atomic E-state index is 14.1. The third-order valence-electron chi connectivity index (χ3n) is 4.50. The first-order valence-electron chi connectivity index (χ1n) is 8.34. The third-order valence-corrected chi connectivity index (χ3v) is 4.85. The number of halogens is 2. The summed E-state index contributed by atoms with van der Waals surface area (Å²) in [5.41, 5.74) is 1.29. The number of ether oxygens (including phenoxy) is 1. The van der Waals surface area contributed by atoms with E-state index >= 15 is 0 Å². The molecule has 0 saturated heterocycles. The van der Waals surface area contributed by atoms with Gasteiger partial charge in [-0.1, -0.05) is 17.7 Å². The van der Waals surface area contributed by atoms with Crippen molar-refractivity contribution in [1.82, 2.24) is 0 Å². The lowest BCUT2D eigenvalue weighted by atomic mass is 10.1. The normalized spacial score (nSPS) is 16.1. The van der Waals surface area contributed by atoms with Gasteiger partial charge < -0.3 is 15.0 Å². The van der Waals surface area contributed by atoms with Gasteiger partial charge in [-0.05, 0) is 43.2 Å². The van der Waals surface area contributed by atoms with E-state index in [2.05, 4.69) is 5.32 Å². The van der Waals surface area contributed by atoms with Crippen LogP contribution in [0.2, 0.25) is 5.02 Å². The van der Waals surface area contributed by atoms with Crippen molar-refractivity contribution < 1.29 is 18.7 Å². The number of amides is 2. The molecule has 2 aromatic rings. The first kappa shape index (κ1) is 16.8. The topological polar surface area (TPSA) is 58.6 Å². The molecule has 0 bridgehead atoms. The van der Waals surface area contributed by atoms with E-state index in [-0.39, 0.29) is 41.5 Å². The van der Waals surface area contributed by atoms with Crippen molar-refractivity contribution in [2.24, 2.45) is 5.92 Å². The Balaban J connectivity index is 1.65. The fraction of sp³-hybridized carbons (Fsp3) is 0.263. The maximum absolute atomic E-state index is 14.1. The Hall–Kier alpha value is -2.60. The average Bonchev–Trinajstić information content (AvgIpc) is 3.45. The number of carbonyl (C=O) groups is 2. The molecule has 134 valence electrons. The van der Waals surface area contributed by atoms with Gasteiger partial charge in [0.1, 0.15) is 11.6 Å². The lowest BCUT2D eigenvalue weighted by Crippen LogP contribution is -2.38. The molecule has 0 aromatic heterocycles. The zero-order valence-corrected chi connectivity index (χ0v) is 14.6. The van der Waals surface area contributed by atoms with Gasteiger partial charge in [-0.25, -0.2) is 4.39 Å². The van der Waals surface area contributed by atoms with Gasteiger partial charge in [-0.15, -0.1) is 0 Å². The summed E-state index contributed by atoms with van der Waals surface area (Å²) in [5.74, 6) is -0.241. The lowest BCUT2D eigenvalue weighted by molar-refractivity contribution is -0.121. The summed E-state index contributed by atoms with van der Waals surface area (Å²) in [5, 5.41) is 3.10. The average molecular weight is 375 g/mol. The van der Waals surface area contributed by atoms with Crippen molar-refractivity contribution in [3.8, 4) is 5.75 Å². The van der Waals surface area contributed by atoms with Crippen LogP contribution in [0.3, 0.4) is 0 Å². The molecule has 1 heterocycles. The highest BCUT2D eigenvalue weighted by atomic mass is 35.5. The minimum Gasteiger partial charge on any atom is -0.482 e. The summed E-state index contributed by atoms with van der Waals surface area (Å²) in [6.07, 6.45) is 1.80. The van der Waals surface area contributed by atoms with Crippen molar-refractivity contribution in [3.05, 3.63) is 52.8 Å². The molecule has 7 heteroatoms. The zero-order chi connectivity index (χ0) is 18.3. The van der Waals surface area contributed by atoms with E-state index in [0.29, 0.717) is 17.1 Å². The van der Waals surface area contributed by atoms with Crippen molar-refractivity contribution in [3.63, 3.8) is 0 Å². The van der Waals surface area contributed by atoms with Crippen LogP contribution in [0.4, 0.5) is 15.8 Å². The van der Waals surface area contributed by atoms with Crippen molar-refractivity contribution >= 4 is 34.8 Å². The quantitative estimate of drug-likeness (QED) is 0.886. The van der Waals surface area contributed by atoms with Gasteiger partial charge in [0.05, 0.1) is 12.2 Å². The van der Waals surface area contributed by atoms with Crippen molar-refractivity contribution in [1.29, 1.82) is 0 Å². The Labute approximate surface area is 154 Å². The Morgan fingerprint density at radius 1 is 1.31 bits per heavy atom. The van der Waals surface area contributed by atoms with Crippen molar-refractivity contribution in [2.75, 3.05) is 16.8 Å². The van der Waals surface area contributed by atoms with Gasteiger partial charge in [0.25, 0.3) is 5.91 Å². The van der Waals surface area contributed by atoms with Gasteiger partial charge in [-0.3, -0.25) is 9.59 Å². The van der Waals surface area contributed by atoms with Crippen LogP contribution >= 0.6 is 11.6 Å². The highest BCUT2D eigenvalue weighted by Crippen LogP contribution is 2.37. The molecular formula is C19H16ClFN2O3. The molecule has 1 saturated carbocycles. The van der Waals surface area contributed by atoms with Gasteiger partial charge in [0.15, 0.2) is 6.61 Å². The second-order valence-corrected chi connectivity index (χ2v) is 6.82. The second-order valence-electron chi connectivity index (χ2n) is 6.41. The summed E-state index contributed by atoms with van der Waals surface area (Å²) < 4.78 is 19.6. The first-order valence-corrected chi connectivity index (χ1v) is 8.71. The number of hydrogen-bond acceptors (Lipinski definition) is 3. The number of nitrogens with one attached hydrogen (secondary N) is 1. The third kappa shape index (κ3) is 3.24. The van der Waals surface area contributed by atoms with Crippen LogP contribution in [0.1, 0.15) is 18.4 Å². The molecule has 1 aliphatic heterocycles. The molecule has 5 nitrogen and oxygen atoms in total. The Kier molecular flexibility index (Phi) is 4.28. The van der Waals surface area contributed by atoms with E-state index in [0.717, 1.165) is 12.8 Å². The molecule has 0 unspecified atom stereocenters. The van der Waals surface area contributed by atoms with E-state index in [1.54, 1.807) is 24.3 Å². The number of anilines is 2. The van der Waals surface area contributed by atoms with Crippen LogP contribution < -0.4 is 15.0 Å². The molecule has 2 amide bonds. The fourth-order valence-corrected chi connectivity index (χ4v) is 3.11. The van der Waals surface area contributed by atoms with Crippen molar-refractivity contribution in [2.45, 2.75) is 19.4 Å². The summed E-state index contributed by atoms with van der Waals surface area (Å²) in [6.45, 7) is -0.145. The number of rotatable bonds is 4. The van der Waals surface area contributed by atoms with Crippen LogP contribution in [-0.2, 0) is 16.1 Å². The Morgan fingerprint density at radius 2 is 2.12 bits per heavy atom. The second kappa shape index (κ2) is 6.61. The molecule has 26 heavy (non-hydrogen) atoms. The molecule has 1 N–H and O–H groups in total. The minimum absolute atomic E-state index is 0.0132. The maximum Gasteiger partial charge on any atom is 0.265 e. The largest absolute Gasteiger partial charge is 0.482 e. The summed E-state index contributed by atoms with van der Waals surface area (Å²) >= 11 is 6.10. The van der Waals surface area contributed by atoms with Crippen LogP contribution in [0.25, 0.3) is 0 Å². The molecule has 2 aliphatic rings. The van der Waals surface area contributed by atoms with Gasteiger partial charge in [0, 0.05) is 22.2 Å². The Bertz CT molecular complexity index is 878. The predicted molar refractivity (Wildman–Crippen MR) is 95.9 cm³/mol. The standard InChI is InChI=1S/C19H16ClFN2O3/c20-14-2-1-3-15(21)13(14)9-23-16-8-12(22-19(25)11-4-5-11)6-7-17(16)26-10-18(23)24/h1-3,6-8,11H,4-5,9-10H2,(H,22,25). The Morgan fingerprint density at radius 3 is 2.85 bits per heavy atom. The molecule has 2 aromatic carbocycles. The highest BCUT2D eigenvalue weighted by molar-refractivity contribution is 6.31. The SMILES string of the molecule is O=C(Nc1ccc2c(c1)N(Cc1c(F)cccc1Cl)C(=O)CO2)C1CC1. The minimum atomic E-state index is -0.475. The number of benzene rings is 2. The molecule has 4 rings (SSSR count). The monoisotopic (exact) mass is 374 g/mol. The molecule has 1 aliphatic carbocycles. The fourth-order valence-electron chi connectivity index (χ4n) is 2.88. The van der Waals surface area contributed by atoms with E-state index in [4.69, 9.17) is 16.3 Å². The van der Waals surface area contributed by atoms with Gasteiger partial charge in [0.2, 0.25) is 5.91 Å². The zero-order valence-electron chi connectivity index (χ0n) is 13.8. The molecule has 1 fully saturated rings. The molecular weight excluding hydrogens is 359 g/mol. The van der Waals surface area contributed by atoms with Gasteiger partial charge >= 0.3 is 0 Å². The number of nitrogens with zero attached hydrogens (tertiary/aromatic N) is 1. The molecule has 0 spiro atoms. The molecule has 0 atom stereocenters. The van der Waals surface area contributed by atoms with E-state index in [1.807, 2.05) is 0 Å². The van der Waals surface area contributed by atoms with E-state index in [1.165, 1.54) is 17.0 Å². The summed E-state index contributed by atoms with van der Waals surface area (Å²) in [4.78, 5) is 25.8. The number of hydrogen-bond donors (Lipinski definition) is 1. The van der Waals surface area contributed by atoms with Gasteiger partial charge in [-0.2, -0.15) is 0 Å². The first-order chi connectivity index (χ1) is 12.5. The lowest BCUT2D eigenvalue weighted by Gasteiger charge is -2.30. The van der Waals surface area contributed by atoms with E-state index < -0.39 is 5.82 Å². The van der Waals surface area contributed by atoms with E-state index in [9.17, 15) is 14.0 Å². The van der Waals surface area contributed by atoms with Crippen LogP contribution in [0, 0.1) is 11.7 Å². The number of carbonyl (C=O) groups excluding carboxylic acids is 2. The smallest absolute Gasteiger partial charge is 0.265 e. The highest BCUT2D eigenvalue weighted by Gasteiger charge is 2.31.